The fourth-order valence-corrected chi connectivity index (χ4v) is 0.973. The second-order valence-corrected chi connectivity index (χ2v) is 4.60. The van der Waals surface area contributed by atoms with Crippen LogP contribution in [0.2, 0.25) is 0 Å². The van der Waals surface area contributed by atoms with Gasteiger partial charge in [0.2, 0.25) is 0 Å². The molecule has 6 nitrogen and oxygen atoms in total. The molecule has 0 aromatic carbocycles. The Balaban J connectivity index is 0. The van der Waals surface area contributed by atoms with Crippen molar-refractivity contribution < 1.29 is 43.4 Å². The Labute approximate surface area is 113 Å². The number of amides is 1. The van der Waals surface area contributed by atoms with Crippen LogP contribution in [0.25, 0.3) is 0 Å². The van der Waals surface area contributed by atoms with E-state index in [1.807, 2.05) is 0 Å². The molecule has 7 heteroatoms. The predicted octanol–water partition coefficient (Wildman–Crippen LogP) is -3.74. The molecule has 0 aromatic rings. The van der Waals surface area contributed by atoms with E-state index in [9.17, 15) is 14.7 Å². The summed E-state index contributed by atoms with van der Waals surface area (Å²) in [5.41, 5.74) is -0.705. The molecule has 0 rings (SSSR count). The number of aliphatic hydroxyl groups excluding tert-OH is 1. The molecule has 0 aliphatic carbocycles. The van der Waals surface area contributed by atoms with Gasteiger partial charge < -0.3 is 25.1 Å². The van der Waals surface area contributed by atoms with E-state index in [2.05, 4.69) is 5.32 Å². The van der Waals surface area contributed by atoms with Crippen molar-refractivity contribution >= 4 is 12.1 Å². The predicted molar refractivity (Wildman–Crippen MR) is 54.4 cm³/mol. The second-order valence-electron chi connectivity index (χ2n) is 4.60. The minimum absolute atomic E-state index is 0. The Morgan fingerprint density at radius 2 is 1.88 bits per heavy atom. The van der Waals surface area contributed by atoms with Gasteiger partial charge in [0, 0.05) is 12.5 Å². The van der Waals surface area contributed by atoms with Crippen LogP contribution in [0.5, 0.6) is 0 Å². The molecule has 0 bridgehead atoms. The van der Waals surface area contributed by atoms with E-state index >= 15 is 0 Å². The van der Waals surface area contributed by atoms with Crippen LogP contribution < -0.4 is 29.3 Å². The van der Waals surface area contributed by atoms with Gasteiger partial charge in [0.1, 0.15) is 5.60 Å². The van der Waals surface area contributed by atoms with E-state index < -0.39 is 29.6 Å². The number of carbonyl (C=O) groups is 2. The summed E-state index contributed by atoms with van der Waals surface area (Å²) >= 11 is 0. The van der Waals surface area contributed by atoms with Crippen molar-refractivity contribution in [3.8, 4) is 0 Å². The minimum atomic E-state index is -1.45. The average Bonchev–Trinajstić information content (AvgIpc) is 2.09. The zero-order valence-corrected chi connectivity index (χ0v) is 10.9. The smallest absolute Gasteiger partial charge is 0.548 e. The van der Waals surface area contributed by atoms with E-state index in [0.29, 0.717) is 0 Å². The summed E-state index contributed by atoms with van der Waals surface area (Å²) in [6.07, 6.45) is -0.845. The second kappa shape index (κ2) is 7.59. The summed E-state index contributed by atoms with van der Waals surface area (Å²) in [6, 6.07) is -1.26. The molecule has 0 spiro atoms. The Bertz CT molecular complexity index is 264. The van der Waals surface area contributed by atoms with Gasteiger partial charge in [-0.3, -0.25) is 0 Å². The average molecular weight is 239 g/mol. The van der Waals surface area contributed by atoms with E-state index in [0.717, 1.165) is 0 Å². The SMILES string of the molecule is CC(CO)C(NC(=O)OC(C)(C)C)C(=O)[O-].[Li+]. The maximum Gasteiger partial charge on any atom is 1.00 e. The molecule has 1 amide bonds. The normalized spacial score (nSPS) is 14.2. The zero-order valence-electron chi connectivity index (χ0n) is 10.9. The van der Waals surface area contributed by atoms with Crippen LogP contribution in [0.1, 0.15) is 27.7 Å². The third-order valence-electron chi connectivity index (χ3n) is 1.78. The molecule has 0 aliphatic rings. The Morgan fingerprint density at radius 1 is 1.41 bits per heavy atom. The van der Waals surface area contributed by atoms with Crippen LogP contribution in [0, 0.1) is 5.92 Å². The molecule has 0 aromatic heterocycles. The maximum atomic E-state index is 11.3. The molecular weight excluding hydrogens is 221 g/mol. The summed E-state index contributed by atoms with van der Waals surface area (Å²) < 4.78 is 4.89. The van der Waals surface area contributed by atoms with Gasteiger partial charge in [-0.2, -0.15) is 0 Å². The van der Waals surface area contributed by atoms with E-state index in [-0.39, 0.29) is 25.5 Å². The van der Waals surface area contributed by atoms with Crippen LogP contribution in [-0.2, 0) is 9.53 Å². The molecular formula is C10H18LiNO5. The van der Waals surface area contributed by atoms with Crippen LogP contribution in [-0.4, -0.2) is 35.4 Å². The monoisotopic (exact) mass is 239 g/mol. The molecule has 0 saturated heterocycles. The molecule has 0 aliphatic heterocycles. The summed E-state index contributed by atoms with van der Waals surface area (Å²) in [5.74, 6) is -2.09. The zero-order chi connectivity index (χ0) is 12.9. The van der Waals surface area contributed by atoms with Gasteiger partial charge in [0.15, 0.2) is 0 Å². The van der Waals surface area contributed by atoms with E-state index in [4.69, 9.17) is 9.84 Å². The topological polar surface area (TPSA) is 98.7 Å². The molecule has 0 heterocycles. The van der Waals surface area contributed by atoms with Crippen LogP contribution >= 0.6 is 0 Å². The number of alkyl carbamates (subject to hydrolysis) is 1. The number of nitrogens with one attached hydrogen (secondary N) is 1. The fourth-order valence-electron chi connectivity index (χ4n) is 0.973. The first-order valence-corrected chi connectivity index (χ1v) is 4.98. The number of carboxylic acid groups (broad SMARTS) is 1. The van der Waals surface area contributed by atoms with Gasteiger partial charge in [-0.05, 0) is 20.8 Å². The van der Waals surface area contributed by atoms with Gasteiger partial charge in [-0.25, -0.2) is 4.79 Å². The largest absolute Gasteiger partial charge is 1.00 e. The molecule has 2 atom stereocenters. The summed E-state index contributed by atoms with van der Waals surface area (Å²) in [6.45, 7) is 6.11. The molecule has 2 N–H and O–H groups in total. The Hall–Kier alpha value is -0.703. The van der Waals surface area contributed by atoms with Crippen molar-refractivity contribution in [2.75, 3.05) is 6.61 Å². The molecule has 94 valence electrons. The first kappa shape index (κ1) is 18.7. The fraction of sp³-hybridized carbons (Fsp3) is 0.800. The van der Waals surface area contributed by atoms with E-state index in [1.165, 1.54) is 6.92 Å². The van der Waals surface area contributed by atoms with Crippen molar-refractivity contribution in [2.24, 2.45) is 5.92 Å². The Morgan fingerprint density at radius 3 is 2.18 bits per heavy atom. The van der Waals surface area contributed by atoms with Gasteiger partial charge in [0.25, 0.3) is 0 Å². The number of aliphatic carboxylic acids is 1. The number of hydrogen-bond donors (Lipinski definition) is 2. The summed E-state index contributed by atoms with van der Waals surface area (Å²) in [5, 5.41) is 21.7. The van der Waals surface area contributed by atoms with Crippen LogP contribution in [0.15, 0.2) is 0 Å². The Kier molecular flexibility index (Phi) is 8.33. The third kappa shape index (κ3) is 8.08. The van der Waals surface area contributed by atoms with Crippen LogP contribution in [0.3, 0.4) is 0 Å². The standard InChI is InChI=1S/C10H19NO5.Li/c1-6(5-12)7(8(13)14)11-9(15)16-10(2,3)4;/h6-7,12H,5H2,1-4H3,(H,11,15)(H,13,14);/q;+1/p-1. The first-order valence-electron chi connectivity index (χ1n) is 4.98. The van der Waals surface area contributed by atoms with Gasteiger partial charge in [-0.15, -0.1) is 0 Å². The number of aliphatic hydroxyl groups is 1. The molecule has 0 radical (unpaired) electrons. The molecule has 0 fully saturated rings. The molecule has 2 unspecified atom stereocenters. The first-order chi connectivity index (χ1) is 7.17. The van der Waals surface area contributed by atoms with Gasteiger partial charge >= 0.3 is 25.0 Å². The van der Waals surface area contributed by atoms with Crippen molar-refractivity contribution in [2.45, 2.75) is 39.3 Å². The molecule has 17 heavy (non-hydrogen) atoms. The summed E-state index contributed by atoms with van der Waals surface area (Å²) in [7, 11) is 0. The number of rotatable bonds is 4. The van der Waals surface area contributed by atoms with Crippen LogP contribution in [0.4, 0.5) is 4.79 Å². The quantitative estimate of drug-likeness (QED) is 0.491. The van der Waals surface area contributed by atoms with Gasteiger partial charge in [-0.1, -0.05) is 6.92 Å². The van der Waals surface area contributed by atoms with Crippen molar-refractivity contribution in [1.29, 1.82) is 0 Å². The minimum Gasteiger partial charge on any atom is -0.548 e. The number of carbonyl (C=O) groups excluding carboxylic acids is 2. The molecule has 0 saturated carbocycles. The summed E-state index contributed by atoms with van der Waals surface area (Å²) in [4.78, 5) is 22.0. The van der Waals surface area contributed by atoms with E-state index in [1.54, 1.807) is 20.8 Å². The maximum absolute atomic E-state index is 11.3. The van der Waals surface area contributed by atoms with Crippen molar-refractivity contribution in [3.63, 3.8) is 0 Å². The van der Waals surface area contributed by atoms with Crippen molar-refractivity contribution in [3.05, 3.63) is 0 Å². The number of ether oxygens (including phenoxy) is 1. The number of hydrogen-bond acceptors (Lipinski definition) is 5. The number of carboxylic acids is 1. The third-order valence-corrected chi connectivity index (χ3v) is 1.78. The van der Waals surface area contributed by atoms with Crippen molar-refractivity contribution in [1.82, 2.24) is 5.32 Å². The van der Waals surface area contributed by atoms with Gasteiger partial charge in [0.05, 0.1) is 12.0 Å².